The largest absolute Gasteiger partial charge is 0.383 e. The number of methoxy groups -OCH3 is 1. The van der Waals surface area contributed by atoms with Gasteiger partial charge in [-0.05, 0) is 42.1 Å². The maximum atomic E-state index is 13.4. The Morgan fingerprint density at radius 2 is 2.00 bits per heavy atom. The number of carbonyl (C=O) groups excluding carboxylic acids is 1. The van der Waals surface area contributed by atoms with Crippen molar-refractivity contribution in [2.24, 2.45) is 0 Å². The predicted molar refractivity (Wildman–Crippen MR) is 112 cm³/mol. The maximum Gasteiger partial charge on any atom is 0.322 e. The molecular formula is C21H21ClFN3O3. The molecule has 0 bridgehead atoms. The van der Waals surface area contributed by atoms with Gasteiger partial charge in [0.1, 0.15) is 5.82 Å². The first-order chi connectivity index (χ1) is 13.9. The zero-order valence-corrected chi connectivity index (χ0v) is 16.8. The molecule has 152 valence electrons. The topological polar surface area (TPSA) is 74.4 Å². The molecule has 2 N–H and O–H groups in total. The highest BCUT2D eigenvalue weighted by atomic mass is 35.5. The van der Waals surface area contributed by atoms with E-state index in [4.69, 9.17) is 16.3 Å². The van der Waals surface area contributed by atoms with Gasteiger partial charge in [0.05, 0.1) is 17.7 Å². The van der Waals surface area contributed by atoms with E-state index in [2.05, 4.69) is 10.3 Å². The highest BCUT2D eigenvalue weighted by Crippen LogP contribution is 2.27. The molecule has 1 aromatic heterocycles. The SMILES string of the molecule is COCCN(C(=O)Nc1ccc(F)c(Cl)c1)[C@H](C)c1c[nH]c(=O)c2ccccc12. The van der Waals surface area contributed by atoms with Crippen LogP contribution >= 0.6 is 11.6 Å². The van der Waals surface area contributed by atoms with Crippen molar-refractivity contribution >= 4 is 34.1 Å². The smallest absolute Gasteiger partial charge is 0.322 e. The Kier molecular flexibility index (Phi) is 6.51. The first-order valence-electron chi connectivity index (χ1n) is 9.04. The van der Waals surface area contributed by atoms with Crippen LogP contribution < -0.4 is 10.9 Å². The van der Waals surface area contributed by atoms with Gasteiger partial charge in [0, 0.05) is 30.9 Å². The summed E-state index contributed by atoms with van der Waals surface area (Å²) >= 11 is 5.81. The average Bonchev–Trinajstić information content (AvgIpc) is 2.71. The van der Waals surface area contributed by atoms with Gasteiger partial charge >= 0.3 is 6.03 Å². The Bertz CT molecular complexity index is 1090. The van der Waals surface area contributed by atoms with E-state index in [0.717, 1.165) is 10.9 Å². The molecule has 3 aromatic rings. The number of nitrogens with zero attached hydrogens (tertiary/aromatic N) is 1. The third-order valence-corrected chi connectivity index (χ3v) is 5.02. The normalized spacial score (nSPS) is 12.0. The summed E-state index contributed by atoms with van der Waals surface area (Å²) < 4.78 is 18.5. The highest BCUT2D eigenvalue weighted by Gasteiger charge is 2.23. The van der Waals surface area contributed by atoms with Crippen LogP contribution in [0, 0.1) is 5.82 Å². The summed E-state index contributed by atoms with van der Waals surface area (Å²) in [6.07, 6.45) is 1.62. The number of amides is 2. The molecule has 29 heavy (non-hydrogen) atoms. The molecule has 1 heterocycles. The van der Waals surface area contributed by atoms with E-state index >= 15 is 0 Å². The van der Waals surface area contributed by atoms with Gasteiger partial charge in [-0.15, -0.1) is 0 Å². The number of aromatic nitrogens is 1. The predicted octanol–water partition coefficient (Wildman–Crippen LogP) is 4.56. The summed E-state index contributed by atoms with van der Waals surface area (Å²) in [5.74, 6) is -0.561. The lowest BCUT2D eigenvalue weighted by molar-refractivity contribution is 0.140. The van der Waals surface area contributed by atoms with Crippen LogP contribution in [0.15, 0.2) is 53.5 Å². The number of ether oxygens (including phenoxy) is 1. The molecule has 1 atom stereocenters. The van der Waals surface area contributed by atoms with E-state index in [-0.39, 0.29) is 16.6 Å². The summed E-state index contributed by atoms with van der Waals surface area (Å²) in [6, 6.07) is 10.4. The summed E-state index contributed by atoms with van der Waals surface area (Å²) in [7, 11) is 1.55. The number of carbonyl (C=O) groups is 1. The Hall–Kier alpha value is -2.90. The second-order valence-corrected chi connectivity index (χ2v) is 6.95. The molecule has 0 saturated carbocycles. The van der Waals surface area contributed by atoms with Crippen molar-refractivity contribution < 1.29 is 13.9 Å². The molecule has 0 aliphatic heterocycles. The van der Waals surface area contributed by atoms with Crippen molar-refractivity contribution in [2.75, 3.05) is 25.6 Å². The van der Waals surface area contributed by atoms with Crippen LogP contribution in [0.4, 0.5) is 14.9 Å². The van der Waals surface area contributed by atoms with Gasteiger partial charge in [0.15, 0.2) is 0 Å². The molecule has 2 amide bonds. The van der Waals surface area contributed by atoms with Gasteiger partial charge in [-0.2, -0.15) is 0 Å². The standard InChI is InChI=1S/C21H21ClFN3O3/c1-13(17-12-24-20(27)16-6-4-3-5-15(16)17)26(9-10-29-2)21(28)25-14-7-8-19(23)18(22)11-14/h3-8,11-13H,9-10H2,1-2H3,(H,24,27)(H,25,28)/t13-/m1/s1. The van der Waals surface area contributed by atoms with Crippen molar-refractivity contribution in [1.29, 1.82) is 0 Å². The zero-order valence-electron chi connectivity index (χ0n) is 16.0. The summed E-state index contributed by atoms with van der Waals surface area (Å²) in [5, 5.41) is 3.98. The van der Waals surface area contributed by atoms with Gasteiger partial charge < -0.3 is 19.9 Å². The monoisotopic (exact) mass is 417 g/mol. The molecular weight excluding hydrogens is 397 g/mol. The Morgan fingerprint density at radius 3 is 2.69 bits per heavy atom. The van der Waals surface area contributed by atoms with E-state index in [1.807, 2.05) is 19.1 Å². The quantitative estimate of drug-likeness (QED) is 0.617. The Balaban J connectivity index is 1.93. The maximum absolute atomic E-state index is 13.4. The molecule has 0 radical (unpaired) electrons. The van der Waals surface area contributed by atoms with Gasteiger partial charge in [-0.1, -0.05) is 29.8 Å². The van der Waals surface area contributed by atoms with Crippen molar-refractivity contribution in [3.05, 3.63) is 75.4 Å². The van der Waals surface area contributed by atoms with Gasteiger partial charge in [0.25, 0.3) is 5.56 Å². The molecule has 8 heteroatoms. The first kappa shape index (κ1) is 20.8. The second-order valence-electron chi connectivity index (χ2n) is 6.54. The van der Waals surface area contributed by atoms with E-state index in [0.29, 0.717) is 24.2 Å². The van der Waals surface area contributed by atoms with Gasteiger partial charge in [-0.3, -0.25) is 4.79 Å². The van der Waals surface area contributed by atoms with Crippen LogP contribution in [-0.4, -0.2) is 36.2 Å². The molecule has 3 rings (SSSR count). The molecule has 0 aliphatic rings. The lowest BCUT2D eigenvalue weighted by Gasteiger charge is -2.30. The number of anilines is 1. The number of fused-ring (bicyclic) bond motifs is 1. The molecule has 2 aromatic carbocycles. The summed E-state index contributed by atoms with van der Waals surface area (Å²) in [4.78, 5) is 29.4. The van der Waals surface area contributed by atoms with Crippen molar-refractivity contribution in [2.45, 2.75) is 13.0 Å². The number of hydrogen-bond donors (Lipinski definition) is 2. The van der Waals surface area contributed by atoms with Crippen LogP contribution in [0.3, 0.4) is 0 Å². The number of H-pyrrole nitrogens is 1. The fourth-order valence-corrected chi connectivity index (χ4v) is 3.36. The van der Waals surface area contributed by atoms with Crippen LogP contribution in [-0.2, 0) is 4.74 Å². The summed E-state index contributed by atoms with van der Waals surface area (Å²) in [5.41, 5.74) is 0.983. The lowest BCUT2D eigenvalue weighted by atomic mass is 10.0. The average molecular weight is 418 g/mol. The number of urea groups is 1. The number of rotatable bonds is 6. The number of hydrogen-bond acceptors (Lipinski definition) is 3. The Morgan fingerprint density at radius 1 is 1.28 bits per heavy atom. The third-order valence-electron chi connectivity index (χ3n) is 4.73. The fourth-order valence-electron chi connectivity index (χ4n) is 3.18. The molecule has 6 nitrogen and oxygen atoms in total. The highest BCUT2D eigenvalue weighted by molar-refractivity contribution is 6.31. The van der Waals surface area contributed by atoms with Crippen molar-refractivity contribution in [1.82, 2.24) is 9.88 Å². The molecule has 0 fully saturated rings. The van der Waals surface area contributed by atoms with Crippen molar-refractivity contribution in [3.8, 4) is 0 Å². The minimum atomic E-state index is -0.561. The van der Waals surface area contributed by atoms with E-state index in [9.17, 15) is 14.0 Å². The molecule has 0 saturated heterocycles. The van der Waals surface area contributed by atoms with Crippen LogP contribution in [0.1, 0.15) is 18.5 Å². The minimum Gasteiger partial charge on any atom is -0.383 e. The number of aromatic amines is 1. The van der Waals surface area contributed by atoms with E-state index in [1.165, 1.54) is 18.2 Å². The number of halogens is 2. The van der Waals surface area contributed by atoms with Crippen molar-refractivity contribution in [3.63, 3.8) is 0 Å². The summed E-state index contributed by atoms with van der Waals surface area (Å²) in [6.45, 7) is 2.50. The van der Waals surface area contributed by atoms with Crippen LogP contribution in [0.5, 0.6) is 0 Å². The molecule has 0 spiro atoms. The van der Waals surface area contributed by atoms with Gasteiger partial charge in [-0.25, -0.2) is 9.18 Å². The zero-order chi connectivity index (χ0) is 21.0. The first-order valence-corrected chi connectivity index (χ1v) is 9.42. The molecule has 0 unspecified atom stereocenters. The van der Waals surface area contributed by atoms with Crippen LogP contribution in [0.25, 0.3) is 10.8 Å². The van der Waals surface area contributed by atoms with Crippen LogP contribution in [0.2, 0.25) is 5.02 Å². The second kappa shape index (κ2) is 9.07. The number of benzene rings is 2. The van der Waals surface area contributed by atoms with E-state index in [1.54, 1.807) is 30.3 Å². The molecule has 0 aliphatic carbocycles. The number of pyridine rings is 1. The van der Waals surface area contributed by atoms with E-state index < -0.39 is 11.8 Å². The van der Waals surface area contributed by atoms with Gasteiger partial charge in [0.2, 0.25) is 0 Å². The third kappa shape index (κ3) is 4.58. The number of nitrogens with one attached hydrogen (secondary N) is 2. The fraction of sp³-hybridized carbons (Fsp3) is 0.238. The Labute approximate surface area is 172 Å². The minimum absolute atomic E-state index is 0.0779. The lowest BCUT2D eigenvalue weighted by Crippen LogP contribution is -2.39.